The van der Waals surface area contributed by atoms with Crippen LogP contribution in [0.2, 0.25) is 0 Å². The summed E-state index contributed by atoms with van der Waals surface area (Å²) >= 11 is 0. The maximum atomic E-state index is 13.3. The van der Waals surface area contributed by atoms with E-state index in [0.29, 0.717) is 11.8 Å². The SMILES string of the molecule is CC1(C)CC1C1(C(=O)OCCNc2cc(S(=O)(=O)O)cc3cc(S(=O)(=O)O)c(N=Nc4ccc5ccccc5c4S(=O)(=O)O)c(O)c23)CC1(C)C. The summed E-state index contributed by atoms with van der Waals surface area (Å²) in [6.45, 7) is 7.91. The Balaban J connectivity index is 1.40. The summed E-state index contributed by atoms with van der Waals surface area (Å²) in [4.78, 5) is 10.9. The van der Waals surface area contributed by atoms with E-state index >= 15 is 0 Å². The van der Waals surface area contributed by atoms with Gasteiger partial charge in [0.15, 0.2) is 5.75 Å². The number of nitrogens with one attached hydrogen (secondary N) is 1. The van der Waals surface area contributed by atoms with Gasteiger partial charge in [-0.1, -0.05) is 58.0 Å². The zero-order chi connectivity index (χ0) is 37.5. The van der Waals surface area contributed by atoms with E-state index in [1.165, 1.54) is 24.3 Å². The van der Waals surface area contributed by atoms with Gasteiger partial charge in [-0.3, -0.25) is 18.5 Å². The van der Waals surface area contributed by atoms with E-state index in [-0.39, 0.29) is 57.7 Å². The molecule has 2 aliphatic carbocycles. The molecule has 2 saturated carbocycles. The van der Waals surface area contributed by atoms with Crippen molar-refractivity contribution >= 4 is 74.9 Å². The van der Waals surface area contributed by atoms with Gasteiger partial charge < -0.3 is 15.2 Å². The molecule has 4 aromatic rings. The Bertz CT molecular complexity index is 2510. The third kappa shape index (κ3) is 6.55. The number of azo groups is 1. The second-order valence-electron chi connectivity index (χ2n) is 14.2. The standard InChI is InChI=1S/C33H35N3O12S3/c1-31(2)16-25(31)33(17-32(33,3)4)30(38)48-12-11-34-23-15-20(49(39,40)41)13-19-14-24(50(42,43)44)27(28(37)26(19)23)36-35-22-10-9-18-7-5-6-8-21(18)29(22)51(45,46)47/h5-10,13-15,25,34,37H,11-12,16-17H2,1-4H3,(H,39,40,41)(H,42,43,44)(H,45,46,47). The van der Waals surface area contributed by atoms with E-state index in [1.807, 2.05) is 13.8 Å². The lowest BCUT2D eigenvalue weighted by molar-refractivity contribution is -0.152. The lowest BCUT2D eigenvalue weighted by Crippen LogP contribution is -2.29. The van der Waals surface area contributed by atoms with E-state index in [0.717, 1.165) is 24.6 Å². The number of carbonyl (C=O) groups is 1. The number of anilines is 1. The van der Waals surface area contributed by atoms with Crippen molar-refractivity contribution in [3.05, 3.63) is 54.6 Å². The lowest BCUT2D eigenvalue weighted by Gasteiger charge is -2.21. The van der Waals surface area contributed by atoms with Crippen LogP contribution in [0, 0.1) is 22.2 Å². The molecular formula is C33H35N3O12S3. The number of esters is 1. The molecule has 0 heterocycles. The van der Waals surface area contributed by atoms with E-state index < -0.39 is 67.6 Å². The summed E-state index contributed by atoms with van der Waals surface area (Å²) in [5, 5.41) is 21.9. The molecule has 0 amide bonds. The normalized spacial score (nSPS) is 21.2. The fraction of sp³-hybridized carbons (Fsp3) is 0.364. The van der Waals surface area contributed by atoms with Crippen molar-refractivity contribution in [3.8, 4) is 5.75 Å². The number of ether oxygens (including phenoxy) is 1. The Morgan fingerprint density at radius 2 is 1.53 bits per heavy atom. The highest BCUT2D eigenvalue weighted by Gasteiger charge is 2.77. The van der Waals surface area contributed by atoms with Crippen LogP contribution in [0.15, 0.2) is 79.5 Å². The minimum absolute atomic E-state index is 0.00980. The molecule has 0 saturated heterocycles. The molecule has 0 aromatic heterocycles. The number of rotatable bonds is 11. The first-order valence-corrected chi connectivity index (χ1v) is 19.9. The molecule has 2 fully saturated rings. The Morgan fingerprint density at radius 1 is 0.882 bits per heavy atom. The monoisotopic (exact) mass is 761 g/mol. The van der Waals surface area contributed by atoms with Crippen molar-refractivity contribution in [2.75, 3.05) is 18.5 Å². The smallest absolute Gasteiger partial charge is 0.313 e. The average Bonchev–Trinajstić information content (AvgIpc) is 3.85. The number of benzene rings is 4. The number of hydrogen-bond acceptors (Lipinski definition) is 12. The molecule has 272 valence electrons. The van der Waals surface area contributed by atoms with Gasteiger partial charge in [-0.05, 0) is 64.6 Å². The quantitative estimate of drug-likeness (QED) is 0.0490. The fourth-order valence-corrected chi connectivity index (χ4v) is 9.27. The summed E-state index contributed by atoms with van der Waals surface area (Å²) in [6, 6.07) is 11.3. The molecule has 2 aliphatic rings. The van der Waals surface area contributed by atoms with Crippen molar-refractivity contribution in [2.45, 2.75) is 55.2 Å². The summed E-state index contributed by atoms with van der Waals surface area (Å²) in [5.41, 5.74) is -2.33. The van der Waals surface area contributed by atoms with Crippen LogP contribution in [-0.2, 0) is 39.9 Å². The van der Waals surface area contributed by atoms with E-state index in [4.69, 9.17) is 4.74 Å². The second kappa shape index (κ2) is 11.9. The molecule has 6 rings (SSSR count). The van der Waals surface area contributed by atoms with Crippen molar-refractivity contribution in [2.24, 2.45) is 32.4 Å². The minimum Gasteiger partial charge on any atom is -0.505 e. The van der Waals surface area contributed by atoms with Gasteiger partial charge in [-0.25, -0.2) is 0 Å². The zero-order valence-corrected chi connectivity index (χ0v) is 30.2. The molecule has 0 spiro atoms. The third-order valence-corrected chi connectivity index (χ3v) is 12.6. The number of phenols is 1. The first kappa shape index (κ1) is 36.6. The molecule has 15 nitrogen and oxygen atoms in total. The summed E-state index contributed by atoms with van der Waals surface area (Å²) in [6.07, 6.45) is 1.56. The van der Waals surface area contributed by atoms with Crippen LogP contribution >= 0.6 is 0 Å². The summed E-state index contributed by atoms with van der Waals surface area (Å²) < 4.78 is 110. The number of carbonyl (C=O) groups excluding carboxylic acids is 1. The topological polar surface area (TPSA) is 246 Å². The number of nitrogens with zero attached hydrogens (tertiary/aromatic N) is 2. The Kier molecular flexibility index (Phi) is 8.55. The van der Waals surface area contributed by atoms with Gasteiger partial charge in [0.2, 0.25) is 0 Å². The molecule has 51 heavy (non-hydrogen) atoms. The molecule has 2 unspecified atom stereocenters. The second-order valence-corrected chi connectivity index (χ2v) is 18.4. The first-order chi connectivity index (χ1) is 23.5. The summed E-state index contributed by atoms with van der Waals surface area (Å²) in [7, 11) is -15.0. The van der Waals surface area contributed by atoms with Crippen LogP contribution < -0.4 is 5.32 Å². The minimum atomic E-state index is -5.22. The van der Waals surface area contributed by atoms with Gasteiger partial charge in [-0.2, -0.15) is 25.3 Å². The van der Waals surface area contributed by atoms with Gasteiger partial charge in [0, 0.05) is 23.0 Å². The highest BCUT2D eigenvalue weighted by Crippen LogP contribution is 2.78. The highest BCUT2D eigenvalue weighted by molar-refractivity contribution is 7.86. The van der Waals surface area contributed by atoms with Crippen molar-refractivity contribution < 1.29 is 53.5 Å². The number of fused-ring (bicyclic) bond motifs is 2. The van der Waals surface area contributed by atoms with E-state index in [9.17, 15) is 48.8 Å². The van der Waals surface area contributed by atoms with Gasteiger partial charge in [0.25, 0.3) is 30.4 Å². The number of phenolic OH excluding ortho intramolecular Hbond substituents is 1. The molecule has 0 radical (unpaired) electrons. The van der Waals surface area contributed by atoms with E-state index in [1.54, 1.807) is 12.1 Å². The number of hydrogen-bond donors (Lipinski definition) is 5. The van der Waals surface area contributed by atoms with Gasteiger partial charge >= 0.3 is 5.97 Å². The zero-order valence-electron chi connectivity index (χ0n) is 27.8. The van der Waals surface area contributed by atoms with Crippen LogP contribution in [0.5, 0.6) is 5.75 Å². The number of aromatic hydroxyl groups is 1. The third-order valence-electron chi connectivity index (χ3n) is 10.0. The molecular weight excluding hydrogens is 727 g/mol. The summed E-state index contributed by atoms with van der Waals surface area (Å²) in [5.74, 6) is -1.13. The van der Waals surface area contributed by atoms with Gasteiger partial charge in [-0.15, -0.1) is 10.2 Å². The Labute approximate surface area is 294 Å². The van der Waals surface area contributed by atoms with Crippen LogP contribution in [0.1, 0.15) is 40.5 Å². The van der Waals surface area contributed by atoms with Crippen molar-refractivity contribution in [3.63, 3.8) is 0 Å². The van der Waals surface area contributed by atoms with E-state index in [2.05, 4.69) is 29.4 Å². The maximum Gasteiger partial charge on any atom is 0.313 e. The molecule has 2 atom stereocenters. The molecule has 4 aromatic carbocycles. The predicted octanol–water partition coefficient (Wildman–Crippen LogP) is 6.27. The Morgan fingerprint density at radius 3 is 2.10 bits per heavy atom. The van der Waals surface area contributed by atoms with Crippen LogP contribution in [0.3, 0.4) is 0 Å². The predicted molar refractivity (Wildman–Crippen MR) is 185 cm³/mol. The molecule has 0 bridgehead atoms. The largest absolute Gasteiger partial charge is 0.505 e. The highest BCUT2D eigenvalue weighted by atomic mass is 32.2. The molecule has 18 heteroatoms. The average molecular weight is 762 g/mol. The van der Waals surface area contributed by atoms with Crippen LogP contribution in [0.25, 0.3) is 21.5 Å². The first-order valence-electron chi connectivity index (χ1n) is 15.6. The lowest BCUT2D eigenvalue weighted by atomic mass is 9.87. The van der Waals surface area contributed by atoms with Gasteiger partial charge in [0.1, 0.15) is 27.8 Å². The fourth-order valence-electron chi connectivity index (χ4n) is 7.23. The van der Waals surface area contributed by atoms with Gasteiger partial charge in [0.05, 0.1) is 10.3 Å². The van der Waals surface area contributed by atoms with Crippen molar-refractivity contribution in [1.29, 1.82) is 0 Å². The molecule has 5 N–H and O–H groups in total. The van der Waals surface area contributed by atoms with Crippen molar-refractivity contribution in [1.82, 2.24) is 0 Å². The van der Waals surface area contributed by atoms with Crippen LogP contribution in [-0.4, -0.2) is 63.1 Å². The maximum absolute atomic E-state index is 13.3. The Hall–Kier alpha value is -4.20. The van der Waals surface area contributed by atoms with Crippen LogP contribution in [0.4, 0.5) is 17.1 Å². The molecule has 0 aliphatic heterocycles.